The van der Waals surface area contributed by atoms with Gasteiger partial charge in [0.25, 0.3) is 0 Å². The third-order valence-corrected chi connectivity index (χ3v) is 2.14. The van der Waals surface area contributed by atoms with Crippen LogP contribution in [0.4, 0.5) is 0 Å². The molecule has 0 aromatic carbocycles. The number of aliphatic hydroxyl groups excluding tert-OH is 1. The van der Waals surface area contributed by atoms with Gasteiger partial charge < -0.3 is 10.8 Å². The highest BCUT2D eigenvalue weighted by Crippen LogP contribution is 2.16. The topological polar surface area (TPSA) is 63.3 Å². The first kappa shape index (κ1) is 12.4. The van der Waals surface area contributed by atoms with Crippen molar-refractivity contribution in [2.45, 2.75) is 52.1 Å². The molecule has 0 unspecified atom stereocenters. The first-order valence-electron chi connectivity index (χ1n) is 5.01. The second-order valence-corrected chi connectivity index (χ2v) is 3.85. The van der Waals surface area contributed by atoms with Crippen molar-refractivity contribution < 1.29 is 9.90 Å². The summed E-state index contributed by atoms with van der Waals surface area (Å²) < 4.78 is 0. The molecular weight excluding hydrogens is 166 g/mol. The quantitative estimate of drug-likeness (QED) is 0.652. The molecule has 3 N–H and O–H groups in total. The Morgan fingerprint density at radius 2 is 1.69 bits per heavy atom. The molecule has 0 bridgehead atoms. The van der Waals surface area contributed by atoms with Gasteiger partial charge in [0.05, 0.1) is 6.10 Å². The molecule has 0 spiro atoms. The molecule has 0 saturated heterocycles. The fourth-order valence-corrected chi connectivity index (χ4v) is 1.08. The molecule has 3 nitrogen and oxygen atoms in total. The van der Waals surface area contributed by atoms with Crippen molar-refractivity contribution >= 4 is 5.91 Å². The summed E-state index contributed by atoms with van der Waals surface area (Å²) in [4.78, 5) is 9.92. The van der Waals surface area contributed by atoms with Crippen LogP contribution in [0.2, 0.25) is 0 Å². The molecule has 1 fully saturated rings. The minimum atomic E-state index is -0.241. The summed E-state index contributed by atoms with van der Waals surface area (Å²) in [7, 11) is 0. The molecule has 0 aliphatic heterocycles. The van der Waals surface area contributed by atoms with Crippen LogP contribution < -0.4 is 5.73 Å². The molecule has 13 heavy (non-hydrogen) atoms. The van der Waals surface area contributed by atoms with Gasteiger partial charge in [-0.1, -0.05) is 33.1 Å². The second-order valence-electron chi connectivity index (χ2n) is 3.85. The van der Waals surface area contributed by atoms with Crippen molar-refractivity contribution in [3.8, 4) is 0 Å². The number of rotatable bonds is 1. The Labute approximate surface area is 80.3 Å². The monoisotopic (exact) mass is 187 g/mol. The van der Waals surface area contributed by atoms with Gasteiger partial charge in [0, 0.05) is 5.92 Å². The number of amides is 1. The third-order valence-electron chi connectivity index (χ3n) is 2.14. The Morgan fingerprint density at radius 1 is 1.31 bits per heavy atom. The van der Waals surface area contributed by atoms with Gasteiger partial charge in [-0.15, -0.1) is 0 Å². The predicted octanol–water partition coefficient (Wildman–Crippen LogP) is 1.44. The summed E-state index contributed by atoms with van der Waals surface area (Å²) in [5, 5.41) is 8.91. The van der Waals surface area contributed by atoms with E-state index in [0.29, 0.717) is 0 Å². The number of carbonyl (C=O) groups excluding carboxylic acids is 1. The first-order valence-corrected chi connectivity index (χ1v) is 5.01. The molecule has 1 amide bonds. The van der Waals surface area contributed by atoms with E-state index in [4.69, 9.17) is 10.8 Å². The highest BCUT2D eigenvalue weighted by atomic mass is 16.3. The number of primary amides is 1. The minimum absolute atomic E-state index is 0.00926. The smallest absolute Gasteiger partial charge is 0.219 e. The van der Waals surface area contributed by atoms with E-state index in [1.54, 1.807) is 13.8 Å². The van der Waals surface area contributed by atoms with Crippen molar-refractivity contribution in [1.29, 1.82) is 0 Å². The average molecular weight is 187 g/mol. The highest BCUT2D eigenvalue weighted by Gasteiger charge is 2.07. The summed E-state index contributed by atoms with van der Waals surface area (Å²) >= 11 is 0. The number of hydrogen-bond acceptors (Lipinski definition) is 2. The van der Waals surface area contributed by atoms with Gasteiger partial charge in [0.2, 0.25) is 5.91 Å². The predicted molar refractivity (Wildman–Crippen MR) is 53.1 cm³/mol. The molecule has 0 radical (unpaired) electrons. The molecule has 1 aliphatic carbocycles. The van der Waals surface area contributed by atoms with Gasteiger partial charge in [-0.25, -0.2) is 0 Å². The SMILES string of the molecule is CC(C)C(N)=O.OC1CCCCC1. The maximum Gasteiger partial charge on any atom is 0.219 e. The van der Waals surface area contributed by atoms with E-state index in [9.17, 15) is 4.79 Å². The molecule has 0 heterocycles. The molecule has 1 rings (SSSR count). The molecule has 3 heteroatoms. The van der Waals surface area contributed by atoms with E-state index in [0.717, 1.165) is 12.8 Å². The number of nitrogens with two attached hydrogens (primary N) is 1. The van der Waals surface area contributed by atoms with Crippen LogP contribution in [0.1, 0.15) is 46.0 Å². The van der Waals surface area contributed by atoms with Crippen LogP contribution in [0.3, 0.4) is 0 Å². The summed E-state index contributed by atoms with van der Waals surface area (Å²) in [6, 6.07) is 0. The Morgan fingerprint density at radius 3 is 1.85 bits per heavy atom. The van der Waals surface area contributed by atoms with Crippen LogP contribution in [-0.2, 0) is 4.79 Å². The lowest BCUT2D eigenvalue weighted by atomic mass is 9.98. The van der Waals surface area contributed by atoms with Gasteiger partial charge in [-0.3, -0.25) is 4.79 Å². The summed E-state index contributed by atoms with van der Waals surface area (Å²) in [6.07, 6.45) is 5.92. The molecule has 1 saturated carbocycles. The molecular formula is C10H21NO2. The van der Waals surface area contributed by atoms with Gasteiger partial charge in [0.1, 0.15) is 0 Å². The lowest BCUT2D eigenvalue weighted by Crippen LogP contribution is -2.17. The average Bonchev–Trinajstić information content (AvgIpc) is 2.06. The van der Waals surface area contributed by atoms with E-state index in [1.807, 2.05) is 0 Å². The van der Waals surface area contributed by atoms with Crippen molar-refractivity contribution in [1.82, 2.24) is 0 Å². The van der Waals surface area contributed by atoms with E-state index in [-0.39, 0.29) is 17.9 Å². The zero-order valence-electron chi connectivity index (χ0n) is 8.62. The van der Waals surface area contributed by atoms with Crippen LogP contribution in [0.5, 0.6) is 0 Å². The van der Waals surface area contributed by atoms with Crippen LogP contribution in [-0.4, -0.2) is 17.1 Å². The number of hydrogen-bond donors (Lipinski definition) is 2. The minimum Gasteiger partial charge on any atom is -0.393 e. The van der Waals surface area contributed by atoms with Crippen molar-refractivity contribution in [3.05, 3.63) is 0 Å². The van der Waals surface area contributed by atoms with Crippen LogP contribution in [0.25, 0.3) is 0 Å². The maximum absolute atomic E-state index is 9.92. The van der Waals surface area contributed by atoms with E-state index in [1.165, 1.54) is 19.3 Å². The van der Waals surface area contributed by atoms with E-state index >= 15 is 0 Å². The lowest BCUT2D eigenvalue weighted by Gasteiger charge is -2.14. The Hall–Kier alpha value is -0.570. The normalized spacial score (nSPS) is 17.8. The molecule has 78 valence electrons. The largest absolute Gasteiger partial charge is 0.393 e. The molecule has 0 aromatic rings. The second kappa shape index (κ2) is 6.89. The third kappa shape index (κ3) is 7.78. The first-order chi connectivity index (χ1) is 6.04. The zero-order chi connectivity index (χ0) is 10.3. The van der Waals surface area contributed by atoms with Gasteiger partial charge in [0.15, 0.2) is 0 Å². The fourth-order valence-electron chi connectivity index (χ4n) is 1.08. The van der Waals surface area contributed by atoms with Crippen molar-refractivity contribution in [2.75, 3.05) is 0 Å². The summed E-state index contributed by atoms with van der Waals surface area (Å²) in [6.45, 7) is 3.53. The van der Waals surface area contributed by atoms with Crippen LogP contribution in [0.15, 0.2) is 0 Å². The van der Waals surface area contributed by atoms with Crippen molar-refractivity contribution in [3.63, 3.8) is 0 Å². The molecule has 0 atom stereocenters. The Balaban J connectivity index is 0.000000226. The molecule has 1 aliphatic rings. The van der Waals surface area contributed by atoms with Gasteiger partial charge in [-0.05, 0) is 12.8 Å². The van der Waals surface area contributed by atoms with E-state index in [2.05, 4.69) is 0 Å². The number of aliphatic hydroxyl groups is 1. The van der Waals surface area contributed by atoms with Crippen LogP contribution >= 0.6 is 0 Å². The molecule has 0 aromatic heterocycles. The summed E-state index contributed by atoms with van der Waals surface area (Å²) in [5.41, 5.74) is 4.80. The zero-order valence-corrected chi connectivity index (χ0v) is 8.62. The maximum atomic E-state index is 9.92. The van der Waals surface area contributed by atoms with Gasteiger partial charge >= 0.3 is 0 Å². The van der Waals surface area contributed by atoms with Gasteiger partial charge in [-0.2, -0.15) is 0 Å². The Kier molecular flexibility index (Phi) is 6.59. The van der Waals surface area contributed by atoms with Crippen molar-refractivity contribution in [2.24, 2.45) is 11.7 Å². The summed E-state index contributed by atoms with van der Waals surface area (Å²) in [5.74, 6) is -0.250. The Bertz CT molecular complexity index is 140. The number of carbonyl (C=O) groups is 1. The van der Waals surface area contributed by atoms with E-state index < -0.39 is 0 Å². The standard InChI is InChI=1S/C6H12O.C4H9NO/c7-6-4-2-1-3-5-6;1-3(2)4(5)6/h6-7H,1-5H2;3H,1-2H3,(H2,5,6). The van der Waals surface area contributed by atoms with Crippen LogP contribution in [0, 0.1) is 5.92 Å². The lowest BCUT2D eigenvalue weighted by molar-refractivity contribution is -0.120. The fraction of sp³-hybridized carbons (Fsp3) is 0.900. The highest BCUT2D eigenvalue weighted by molar-refractivity contribution is 5.75.